The third-order valence-electron chi connectivity index (χ3n) is 4.00. The highest BCUT2D eigenvalue weighted by atomic mass is 79.9. The SMILES string of the molecule is C[C@H](NC(=O)c1cccnc1Oc1ccc(F)cc1Br)[C@@H]1CCCO1. The van der Waals surface area contributed by atoms with E-state index in [1.165, 1.54) is 24.4 Å². The molecule has 2 aromatic rings. The van der Waals surface area contributed by atoms with Gasteiger partial charge in [0.2, 0.25) is 5.88 Å². The number of carbonyl (C=O) groups is 1. The van der Waals surface area contributed by atoms with E-state index in [1.807, 2.05) is 6.92 Å². The van der Waals surface area contributed by atoms with Crippen LogP contribution in [0.4, 0.5) is 4.39 Å². The standard InChI is InChI=1S/C18H18BrFN2O3/c1-11(15-5-3-9-24-15)22-17(23)13-4-2-8-21-18(13)25-16-7-6-12(20)10-14(16)19/h2,4,6-8,10-11,15H,3,5,9H2,1H3,(H,22,23)/t11-,15-/m0/s1. The summed E-state index contributed by atoms with van der Waals surface area (Å²) < 4.78 is 25.0. The van der Waals surface area contributed by atoms with Gasteiger partial charge in [-0.2, -0.15) is 0 Å². The van der Waals surface area contributed by atoms with E-state index in [1.54, 1.807) is 12.1 Å². The Morgan fingerprint density at radius 2 is 2.32 bits per heavy atom. The van der Waals surface area contributed by atoms with Gasteiger partial charge in [-0.1, -0.05) is 0 Å². The lowest BCUT2D eigenvalue weighted by molar-refractivity contribution is 0.0710. The highest BCUT2D eigenvalue weighted by molar-refractivity contribution is 9.10. The van der Waals surface area contributed by atoms with E-state index in [9.17, 15) is 9.18 Å². The summed E-state index contributed by atoms with van der Waals surface area (Å²) in [5.74, 6) is -0.138. The topological polar surface area (TPSA) is 60.5 Å². The summed E-state index contributed by atoms with van der Waals surface area (Å²) in [7, 11) is 0. The molecule has 7 heteroatoms. The maximum atomic E-state index is 13.2. The van der Waals surface area contributed by atoms with Crippen molar-refractivity contribution < 1.29 is 18.7 Å². The van der Waals surface area contributed by atoms with Crippen molar-refractivity contribution in [3.63, 3.8) is 0 Å². The number of pyridine rings is 1. The van der Waals surface area contributed by atoms with Crippen molar-refractivity contribution in [1.82, 2.24) is 10.3 Å². The Morgan fingerprint density at radius 1 is 1.48 bits per heavy atom. The zero-order valence-corrected chi connectivity index (χ0v) is 15.3. The molecule has 25 heavy (non-hydrogen) atoms. The van der Waals surface area contributed by atoms with E-state index in [4.69, 9.17) is 9.47 Å². The summed E-state index contributed by atoms with van der Waals surface area (Å²) in [5, 5.41) is 2.93. The van der Waals surface area contributed by atoms with Gasteiger partial charge in [0.05, 0.1) is 16.6 Å². The molecule has 3 rings (SSSR count). The lowest BCUT2D eigenvalue weighted by Crippen LogP contribution is -2.40. The summed E-state index contributed by atoms with van der Waals surface area (Å²) in [4.78, 5) is 16.7. The van der Waals surface area contributed by atoms with E-state index in [0.29, 0.717) is 15.8 Å². The molecule has 2 heterocycles. The number of nitrogens with one attached hydrogen (secondary N) is 1. The Balaban J connectivity index is 1.76. The first-order valence-electron chi connectivity index (χ1n) is 8.05. The van der Waals surface area contributed by atoms with Crippen LogP contribution >= 0.6 is 15.9 Å². The van der Waals surface area contributed by atoms with Crippen LogP contribution in [0.3, 0.4) is 0 Å². The molecule has 0 aliphatic carbocycles. The summed E-state index contributed by atoms with van der Waals surface area (Å²) >= 11 is 3.24. The number of amides is 1. The second kappa shape index (κ2) is 7.93. The van der Waals surface area contributed by atoms with E-state index < -0.39 is 0 Å². The molecule has 132 valence electrons. The molecule has 1 aromatic carbocycles. The van der Waals surface area contributed by atoms with Crippen LogP contribution in [-0.2, 0) is 4.74 Å². The molecule has 1 fully saturated rings. The summed E-state index contributed by atoms with van der Waals surface area (Å²) in [5.41, 5.74) is 0.309. The van der Waals surface area contributed by atoms with Gasteiger partial charge in [0.15, 0.2) is 0 Å². The van der Waals surface area contributed by atoms with Crippen LogP contribution in [0.5, 0.6) is 11.6 Å². The number of carbonyl (C=O) groups excluding carboxylic acids is 1. The first kappa shape index (κ1) is 17.8. The van der Waals surface area contributed by atoms with Crippen molar-refractivity contribution in [1.29, 1.82) is 0 Å². The van der Waals surface area contributed by atoms with Crippen LogP contribution in [0, 0.1) is 5.82 Å². The maximum Gasteiger partial charge on any atom is 0.257 e. The molecule has 1 saturated heterocycles. The molecule has 1 amide bonds. The average Bonchev–Trinajstić information content (AvgIpc) is 3.12. The number of nitrogens with zero attached hydrogens (tertiary/aromatic N) is 1. The lowest BCUT2D eigenvalue weighted by atomic mass is 10.1. The Bertz CT molecular complexity index is 766. The van der Waals surface area contributed by atoms with Gasteiger partial charge in [-0.05, 0) is 66.0 Å². The van der Waals surface area contributed by atoms with E-state index in [2.05, 4.69) is 26.2 Å². The van der Waals surface area contributed by atoms with Crippen molar-refractivity contribution in [3.05, 3.63) is 52.4 Å². The molecule has 0 spiro atoms. The van der Waals surface area contributed by atoms with Crippen LogP contribution in [0.1, 0.15) is 30.1 Å². The van der Waals surface area contributed by atoms with Crippen LogP contribution in [0.2, 0.25) is 0 Å². The van der Waals surface area contributed by atoms with Gasteiger partial charge in [0, 0.05) is 12.8 Å². The first-order chi connectivity index (χ1) is 12.0. The molecule has 1 aromatic heterocycles. The molecule has 2 atom stereocenters. The number of aromatic nitrogens is 1. The van der Waals surface area contributed by atoms with Gasteiger partial charge in [-0.3, -0.25) is 4.79 Å². The van der Waals surface area contributed by atoms with Gasteiger partial charge in [-0.15, -0.1) is 0 Å². The fourth-order valence-electron chi connectivity index (χ4n) is 2.68. The largest absolute Gasteiger partial charge is 0.437 e. The van der Waals surface area contributed by atoms with Gasteiger partial charge in [0.1, 0.15) is 17.1 Å². The van der Waals surface area contributed by atoms with E-state index in [-0.39, 0.29) is 29.8 Å². The summed E-state index contributed by atoms with van der Waals surface area (Å²) in [6, 6.07) is 7.24. The summed E-state index contributed by atoms with van der Waals surface area (Å²) in [6.07, 6.45) is 3.49. The number of halogens is 2. The molecule has 1 aliphatic heterocycles. The lowest BCUT2D eigenvalue weighted by Gasteiger charge is -2.20. The van der Waals surface area contributed by atoms with Crippen molar-refractivity contribution >= 4 is 21.8 Å². The Hall–Kier alpha value is -1.99. The third-order valence-corrected chi connectivity index (χ3v) is 4.62. The highest BCUT2D eigenvalue weighted by Gasteiger charge is 2.25. The van der Waals surface area contributed by atoms with Gasteiger partial charge < -0.3 is 14.8 Å². The molecule has 0 unspecified atom stereocenters. The fourth-order valence-corrected chi connectivity index (χ4v) is 3.11. The molecular weight excluding hydrogens is 391 g/mol. The number of hydrogen-bond acceptors (Lipinski definition) is 4. The predicted octanol–water partition coefficient (Wildman–Crippen LogP) is 4.07. The minimum Gasteiger partial charge on any atom is -0.437 e. The van der Waals surface area contributed by atoms with Crippen LogP contribution in [-0.4, -0.2) is 29.6 Å². The van der Waals surface area contributed by atoms with Crippen molar-refractivity contribution in [2.45, 2.75) is 31.9 Å². The third kappa shape index (κ3) is 4.35. The summed E-state index contributed by atoms with van der Waals surface area (Å²) in [6.45, 7) is 2.64. The fraction of sp³-hybridized carbons (Fsp3) is 0.333. The van der Waals surface area contributed by atoms with Gasteiger partial charge in [0.25, 0.3) is 5.91 Å². The number of benzene rings is 1. The number of hydrogen-bond donors (Lipinski definition) is 1. The molecular formula is C18H18BrFN2O3. The van der Waals surface area contributed by atoms with Crippen LogP contribution < -0.4 is 10.1 Å². The molecule has 0 radical (unpaired) electrons. The minimum atomic E-state index is -0.386. The van der Waals surface area contributed by atoms with Crippen LogP contribution in [0.15, 0.2) is 41.0 Å². The Labute approximate surface area is 153 Å². The number of ether oxygens (including phenoxy) is 2. The van der Waals surface area contributed by atoms with E-state index in [0.717, 1.165) is 19.4 Å². The van der Waals surface area contributed by atoms with Crippen molar-refractivity contribution in [2.24, 2.45) is 0 Å². The molecule has 0 saturated carbocycles. The van der Waals surface area contributed by atoms with Crippen LogP contribution in [0.25, 0.3) is 0 Å². The highest BCUT2D eigenvalue weighted by Crippen LogP contribution is 2.30. The zero-order valence-electron chi connectivity index (χ0n) is 13.7. The normalized spacial score (nSPS) is 18.0. The molecule has 5 nitrogen and oxygen atoms in total. The Morgan fingerprint density at radius 3 is 3.04 bits per heavy atom. The number of rotatable bonds is 5. The molecule has 1 aliphatic rings. The zero-order chi connectivity index (χ0) is 17.8. The smallest absolute Gasteiger partial charge is 0.257 e. The van der Waals surface area contributed by atoms with Gasteiger partial charge in [-0.25, -0.2) is 9.37 Å². The van der Waals surface area contributed by atoms with Crippen molar-refractivity contribution in [2.75, 3.05) is 6.61 Å². The second-order valence-corrected chi connectivity index (χ2v) is 6.70. The first-order valence-corrected chi connectivity index (χ1v) is 8.84. The monoisotopic (exact) mass is 408 g/mol. The maximum absolute atomic E-state index is 13.2. The predicted molar refractivity (Wildman–Crippen MR) is 94.3 cm³/mol. The van der Waals surface area contributed by atoms with E-state index >= 15 is 0 Å². The Kier molecular flexibility index (Phi) is 5.65. The average molecular weight is 409 g/mol. The molecule has 0 bridgehead atoms. The minimum absolute atomic E-state index is 0.0243. The van der Waals surface area contributed by atoms with Gasteiger partial charge >= 0.3 is 0 Å². The quantitative estimate of drug-likeness (QED) is 0.809. The second-order valence-electron chi connectivity index (χ2n) is 5.85. The van der Waals surface area contributed by atoms with Crippen molar-refractivity contribution in [3.8, 4) is 11.6 Å². The molecule has 1 N–H and O–H groups in total.